The van der Waals surface area contributed by atoms with E-state index in [0.717, 1.165) is 22.6 Å². The molecule has 0 unspecified atom stereocenters. The number of methoxy groups -OCH3 is 1. The standard InChI is InChI=1S/C21H21ClN2O4S2/c1-13-3-6-15(22)10-17(13)24-18-11-30(26,27)12-19(18)29-21(24)23-20(25)9-14-4-7-16(28-2)8-5-14/h3-8,10,18-19H,9,11-12H2,1-2H3/t18-,19+/m1/s1. The van der Waals surface area contributed by atoms with Crippen molar-refractivity contribution in [2.24, 2.45) is 4.99 Å². The summed E-state index contributed by atoms with van der Waals surface area (Å²) >= 11 is 7.57. The zero-order valence-electron chi connectivity index (χ0n) is 16.5. The highest BCUT2D eigenvalue weighted by Gasteiger charge is 2.49. The molecule has 9 heteroatoms. The predicted octanol–water partition coefficient (Wildman–Crippen LogP) is 3.50. The molecule has 2 aliphatic heterocycles. The van der Waals surface area contributed by atoms with E-state index in [4.69, 9.17) is 16.3 Å². The van der Waals surface area contributed by atoms with Gasteiger partial charge in [-0.25, -0.2) is 8.42 Å². The SMILES string of the molecule is COc1ccc(CC(=O)N=C2S[C@H]3CS(=O)(=O)C[C@H]3N2c2cc(Cl)ccc2C)cc1. The van der Waals surface area contributed by atoms with Gasteiger partial charge in [-0.2, -0.15) is 4.99 Å². The van der Waals surface area contributed by atoms with Gasteiger partial charge in [0.2, 0.25) is 0 Å². The number of hydrogen-bond acceptors (Lipinski definition) is 5. The number of ether oxygens (including phenoxy) is 1. The van der Waals surface area contributed by atoms with E-state index in [1.54, 1.807) is 31.4 Å². The van der Waals surface area contributed by atoms with Gasteiger partial charge in [0.05, 0.1) is 31.1 Å². The molecule has 0 N–H and O–H groups in total. The quantitative estimate of drug-likeness (QED) is 0.689. The second-order valence-corrected chi connectivity index (χ2v) is 11.2. The van der Waals surface area contributed by atoms with Crippen LogP contribution in [0.4, 0.5) is 5.69 Å². The van der Waals surface area contributed by atoms with Gasteiger partial charge in [0.1, 0.15) is 5.75 Å². The summed E-state index contributed by atoms with van der Waals surface area (Å²) in [5.74, 6) is 0.572. The Bertz CT molecular complexity index is 1120. The summed E-state index contributed by atoms with van der Waals surface area (Å²) in [6.07, 6.45) is 0.157. The molecule has 0 aromatic heterocycles. The van der Waals surface area contributed by atoms with Crippen LogP contribution in [0, 0.1) is 6.92 Å². The Hall–Kier alpha value is -2.03. The average molecular weight is 465 g/mol. The maximum Gasteiger partial charge on any atom is 0.252 e. The number of anilines is 1. The van der Waals surface area contributed by atoms with Crippen molar-refractivity contribution in [2.45, 2.75) is 24.6 Å². The minimum Gasteiger partial charge on any atom is -0.497 e. The molecule has 0 aliphatic carbocycles. The summed E-state index contributed by atoms with van der Waals surface area (Å²) in [6, 6.07) is 12.5. The third-order valence-electron chi connectivity index (χ3n) is 5.23. The van der Waals surface area contributed by atoms with Crippen LogP contribution in [0.15, 0.2) is 47.5 Å². The Labute approximate surface area is 185 Å². The lowest BCUT2D eigenvalue weighted by atomic mass is 10.1. The highest BCUT2D eigenvalue weighted by atomic mass is 35.5. The third-order valence-corrected chi connectivity index (χ3v) is 8.68. The summed E-state index contributed by atoms with van der Waals surface area (Å²) in [5.41, 5.74) is 2.57. The van der Waals surface area contributed by atoms with Gasteiger partial charge < -0.3 is 9.64 Å². The Morgan fingerprint density at radius 1 is 1.23 bits per heavy atom. The molecule has 0 radical (unpaired) electrons. The number of halogens is 1. The summed E-state index contributed by atoms with van der Waals surface area (Å²) in [6.45, 7) is 1.93. The van der Waals surface area contributed by atoms with Crippen LogP contribution in [-0.2, 0) is 21.1 Å². The number of fused-ring (bicyclic) bond motifs is 1. The van der Waals surface area contributed by atoms with E-state index in [1.807, 2.05) is 30.0 Å². The Morgan fingerprint density at radius 3 is 2.67 bits per heavy atom. The van der Waals surface area contributed by atoms with E-state index < -0.39 is 9.84 Å². The Morgan fingerprint density at radius 2 is 1.97 bits per heavy atom. The van der Waals surface area contributed by atoms with Crippen molar-refractivity contribution < 1.29 is 17.9 Å². The molecule has 2 aromatic rings. The maximum absolute atomic E-state index is 12.7. The largest absolute Gasteiger partial charge is 0.497 e. The number of amidine groups is 1. The monoisotopic (exact) mass is 464 g/mol. The van der Waals surface area contributed by atoms with Gasteiger partial charge in [-0.15, -0.1) is 0 Å². The lowest BCUT2D eigenvalue weighted by Crippen LogP contribution is -2.38. The smallest absolute Gasteiger partial charge is 0.252 e. The fourth-order valence-corrected chi connectivity index (χ4v) is 7.84. The van der Waals surface area contributed by atoms with Crippen molar-refractivity contribution in [3.8, 4) is 5.75 Å². The minimum atomic E-state index is -3.12. The summed E-state index contributed by atoms with van der Waals surface area (Å²) in [5, 5.41) is 0.929. The van der Waals surface area contributed by atoms with Crippen LogP contribution in [-0.4, -0.2) is 49.4 Å². The second-order valence-electron chi connectivity index (χ2n) is 7.41. The van der Waals surface area contributed by atoms with Crippen LogP contribution in [0.2, 0.25) is 5.02 Å². The number of sulfone groups is 1. The van der Waals surface area contributed by atoms with Crippen LogP contribution < -0.4 is 9.64 Å². The van der Waals surface area contributed by atoms with Crippen molar-refractivity contribution in [3.63, 3.8) is 0 Å². The molecule has 4 rings (SSSR count). The van der Waals surface area contributed by atoms with Gasteiger partial charge in [0.15, 0.2) is 15.0 Å². The average Bonchev–Trinajstić information content (AvgIpc) is 3.15. The first-order valence-electron chi connectivity index (χ1n) is 9.42. The number of benzene rings is 2. The number of thioether (sulfide) groups is 1. The van der Waals surface area contributed by atoms with Crippen molar-refractivity contribution >= 4 is 50.0 Å². The zero-order chi connectivity index (χ0) is 21.5. The molecule has 2 heterocycles. The molecule has 6 nitrogen and oxygen atoms in total. The Kier molecular flexibility index (Phi) is 5.83. The molecule has 0 bridgehead atoms. The molecule has 0 spiro atoms. The van der Waals surface area contributed by atoms with Crippen LogP contribution in [0.5, 0.6) is 5.75 Å². The molecule has 2 saturated heterocycles. The number of aryl methyl sites for hydroxylation is 1. The predicted molar refractivity (Wildman–Crippen MR) is 122 cm³/mol. The molecule has 2 fully saturated rings. The van der Waals surface area contributed by atoms with E-state index in [0.29, 0.717) is 10.2 Å². The van der Waals surface area contributed by atoms with E-state index in [2.05, 4.69) is 4.99 Å². The molecule has 0 saturated carbocycles. The van der Waals surface area contributed by atoms with E-state index in [-0.39, 0.29) is 35.1 Å². The molecule has 158 valence electrons. The third kappa shape index (κ3) is 4.36. The van der Waals surface area contributed by atoms with Gasteiger partial charge in [-0.05, 0) is 42.3 Å². The lowest BCUT2D eigenvalue weighted by Gasteiger charge is -2.26. The van der Waals surface area contributed by atoms with Gasteiger partial charge in [-0.1, -0.05) is 41.6 Å². The van der Waals surface area contributed by atoms with Crippen molar-refractivity contribution in [1.29, 1.82) is 0 Å². The van der Waals surface area contributed by atoms with Crippen LogP contribution >= 0.6 is 23.4 Å². The molecule has 2 aromatic carbocycles. The van der Waals surface area contributed by atoms with Gasteiger partial charge in [0.25, 0.3) is 5.91 Å². The number of rotatable bonds is 4. The highest BCUT2D eigenvalue weighted by Crippen LogP contribution is 2.42. The molecule has 2 atom stereocenters. The highest BCUT2D eigenvalue weighted by molar-refractivity contribution is 8.16. The zero-order valence-corrected chi connectivity index (χ0v) is 18.9. The first-order valence-corrected chi connectivity index (χ1v) is 12.5. The van der Waals surface area contributed by atoms with Crippen molar-refractivity contribution in [3.05, 3.63) is 58.6 Å². The number of nitrogens with zero attached hydrogens (tertiary/aromatic N) is 2. The molecule has 1 amide bonds. The lowest BCUT2D eigenvalue weighted by molar-refractivity contribution is -0.117. The van der Waals surface area contributed by atoms with Crippen molar-refractivity contribution in [1.82, 2.24) is 0 Å². The number of carbonyl (C=O) groups excluding carboxylic acids is 1. The van der Waals surface area contributed by atoms with Gasteiger partial charge in [0, 0.05) is 16.0 Å². The summed E-state index contributed by atoms with van der Waals surface area (Å²) in [4.78, 5) is 18.9. The Balaban J connectivity index is 1.64. The van der Waals surface area contributed by atoms with E-state index in [9.17, 15) is 13.2 Å². The topological polar surface area (TPSA) is 76.0 Å². The molecule has 30 heavy (non-hydrogen) atoms. The number of carbonyl (C=O) groups is 1. The molecular formula is C21H21ClN2O4S2. The van der Waals surface area contributed by atoms with E-state index >= 15 is 0 Å². The number of amides is 1. The fraction of sp³-hybridized carbons (Fsp3) is 0.333. The summed E-state index contributed by atoms with van der Waals surface area (Å²) in [7, 11) is -1.53. The summed E-state index contributed by atoms with van der Waals surface area (Å²) < 4.78 is 29.6. The first-order chi connectivity index (χ1) is 14.3. The fourth-order valence-electron chi connectivity index (χ4n) is 3.75. The van der Waals surface area contributed by atoms with Crippen LogP contribution in [0.25, 0.3) is 0 Å². The van der Waals surface area contributed by atoms with E-state index in [1.165, 1.54) is 11.8 Å². The first kappa shape index (κ1) is 21.2. The normalized spacial score (nSPS) is 23.6. The number of aliphatic imine (C=N–C) groups is 1. The maximum atomic E-state index is 12.7. The van der Waals surface area contributed by atoms with Crippen molar-refractivity contribution in [2.75, 3.05) is 23.5 Å². The molecule has 2 aliphatic rings. The van der Waals surface area contributed by atoms with Crippen LogP contribution in [0.1, 0.15) is 11.1 Å². The minimum absolute atomic E-state index is 0.0440. The van der Waals surface area contributed by atoms with Crippen LogP contribution in [0.3, 0.4) is 0 Å². The number of hydrogen-bond donors (Lipinski definition) is 0. The molecular weight excluding hydrogens is 444 g/mol. The second kappa shape index (κ2) is 8.24. The van der Waals surface area contributed by atoms with Gasteiger partial charge >= 0.3 is 0 Å². The van der Waals surface area contributed by atoms with Gasteiger partial charge in [-0.3, -0.25) is 4.79 Å².